The molecule has 0 atom stereocenters. The molecule has 12 aromatic carbocycles. The largest absolute Gasteiger partial charge is 0.455 e. The van der Waals surface area contributed by atoms with E-state index in [9.17, 15) is 0 Å². The Hall–Kier alpha value is -9.18. The van der Waals surface area contributed by atoms with E-state index in [0.29, 0.717) is 0 Å². The Labute approximate surface area is 398 Å². The minimum absolute atomic E-state index is 0.895. The number of fused-ring (bicyclic) bond motifs is 10. The van der Waals surface area contributed by atoms with E-state index in [1.807, 2.05) is 18.2 Å². The second-order valence-electron chi connectivity index (χ2n) is 17.9. The summed E-state index contributed by atoms with van der Waals surface area (Å²) in [5, 5.41) is 11.8. The zero-order valence-electron chi connectivity index (χ0n) is 37.4. The zero-order valence-corrected chi connectivity index (χ0v) is 37.4. The van der Waals surface area contributed by atoms with Gasteiger partial charge in [0, 0.05) is 49.4 Å². The predicted molar refractivity (Wildman–Crippen MR) is 290 cm³/mol. The molecule has 0 aliphatic rings. The van der Waals surface area contributed by atoms with Crippen molar-refractivity contribution >= 4 is 93.3 Å². The number of benzene rings is 12. The van der Waals surface area contributed by atoms with Crippen LogP contribution in [0.1, 0.15) is 0 Å². The van der Waals surface area contributed by atoms with Crippen molar-refractivity contribution in [2.24, 2.45) is 0 Å². The van der Waals surface area contributed by atoms with Crippen LogP contribution in [-0.2, 0) is 0 Å². The van der Waals surface area contributed by atoms with Crippen LogP contribution in [0.15, 0.2) is 258 Å². The molecule has 0 aliphatic heterocycles. The van der Waals surface area contributed by atoms with Crippen LogP contribution in [0.25, 0.3) is 121 Å². The van der Waals surface area contributed by atoms with Gasteiger partial charge in [-0.2, -0.15) is 0 Å². The zero-order chi connectivity index (χ0) is 45.4. The lowest BCUT2D eigenvalue weighted by Gasteiger charge is -2.28. The van der Waals surface area contributed by atoms with Crippen molar-refractivity contribution in [2.75, 3.05) is 4.90 Å². The number of anilines is 3. The topological polar surface area (TPSA) is 29.5 Å². The number of furan rings is 2. The predicted octanol–water partition coefficient (Wildman–Crippen LogP) is 19.1. The van der Waals surface area contributed by atoms with Gasteiger partial charge in [-0.25, -0.2) is 0 Å². The van der Waals surface area contributed by atoms with Gasteiger partial charge >= 0.3 is 0 Å². The molecule has 322 valence electrons. The summed E-state index contributed by atoms with van der Waals surface area (Å²) in [6.45, 7) is 0. The summed E-state index contributed by atoms with van der Waals surface area (Å²) < 4.78 is 13.0. The molecule has 14 rings (SSSR count). The van der Waals surface area contributed by atoms with Crippen molar-refractivity contribution in [3.05, 3.63) is 249 Å². The van der Waals surface area contributed by atoms with Crippen LogP contribution in [0.2, 0.25) is 0 Å². The molecule has 0 radical (unpaired) electrons. The molecule has 0 N–H and O–H groups in total. The Balaban J connectivity index is 0.887. The minimum Gasteiger partial charge on any atom is -0.455 e. The number of nitrogens with zero attached hydrogens (tertiary/aromatic N) is 1. The minimum atomic E-state index is 0.895. The second kappa shape index (κ2) is 15.7. The molecule has 69 heavy (non-hydrogen) atoms. The van der Waals surface area contributed by atoms with Crippen molar-refractivity contribution in [3.63, 3.8) is 0 Å². The molecule has 0 bridgehead atoms. The van der Waals surface area contributed by atoms with Gasteiger partial charge in [0.05, 0.1) is 5.69 Å². The molecule has 3 nitrogen and oxygen atoms in total. The molecule has 0 saturated carbocycles. The third-order valence-electron chi connectivity index (χ3n) is 14.1. The first kappa shape index (κ1) is 39.0. The molecule has 2 aromatic heterocycles. The number of hydrogen-bond acceptors (Lipinski definition) is 3. The quantitative estimate of drug-likeness (QED) is 0.149. The molecule has 3 heteroatoms. The van der Waals surface area contributed by atoms with E-state index in [0.717, 1.165) is 99.9 Å². The first-order chi connectivity index (χ1) is 34.2. The highest BCUT2D eigenvalue weighted by Gasteiger charge is 2.21. The van der Waals surface area contributed by atoms with Crippen LogP contribution in [0.4, 0.5) is 17.1 Å². The molecule has 0 amide bonds. The SMILES string of the molecule is c1ccc2c(-c3ccc(N(c4ccc(-c5ccc(-c6cccc7c6oc6ccccc67)cc5)cc4)c4cc5ccccc5c5ccccc45)cc3)c(-c3cccc4c3oc3ccccc34)ccc2c1. The lowest BCUT2D eigenvalue weighted by atomic mass is 9.89. The van der Waals surface area contributed by atoms with Gasteiger partial charge in [-0.15, -0.1) is 0 Å². The van der Waals surface area contributed by atoms with Gasteiger partial charge in [0.15, 0.2) is 0 Å². The van der Waals surface area contributed by atoms with Gasteiger partial charge in [0.25, 0.3) is 0 Å². The van der Waals surface area contributed by atoms with E-state index in [1.54, 1.807) is 0 Å². The van der Waals surface area contributed by atoms with E-state index in [2.05, 4.69) is 235 Å². The van der Waals surface area contributed by atoms with Crippen LogP contribution in [0.5, 0.6) is 0 Å². The third-order valence-corrected chi connectivity index (χ3v) is 14.1. The molecule has 0 aliphatic carbocycles. The Morgan fingerprint density at radius 3 is 1.38 bits per heavy atom. The summed E-state index contributed by atoms with van der Waals surface area (Å²) >= 11 is 0. The average molecular weight is 880 g/mol. The highest BCUT2D eigenvalue weighted by Crippen LogP contribution is 2.46. The maximum absolute atomic E-state index is 6.63. The number of para-hydroxylation sites is 4. The highest BCUT2D eigenvalue weighted by molar-refractivity contribution is 6.16. The van der Waals surface area contributed by atoms with Gasteiger partial charge in [-0.1, -0.05) is 206 Å². The van der Waals surface area contributed by atoms with Crippen molar-refractivity contribution in [3.8, 4) is 44.5 Å². The van der Waals surface area contributed by atoms with Crippen LogP contribution in [0.3, 0.4) is 0 Å². The van der Waals surface area contributed by atoms with Crippen LogP contribution >= 0.6 is 0 Å². The van der Waals surface area contributed by atoms with Gasteiger partial charge in [-0.3, -0.25) is 0 Å². The maximum Gasteiger partial charge on any atom is 0.143 e. The summed E-state index contributed by atoms with van der Waals surface area (Å²) in [4.78, 5) is 2.42. The second-order valence-corrected chi connectivity index (χ2v) is 17.9. The van der Waals surface area contributed by atoms with Gasteiger partial charge in [0.2, 0.25) is 0 Å². The van der Waals surface area contributed by atoms with E-state index >= 15 is 0 Å². The fraction of sp³-hybridized carbons (Fsp3) is 0. The van der Waals surface area contributed by atoms with Gasteiger partial charge in [-0.05, 0) is 103 Å². The fourth-order valence-corrected chi connectivity index (χ4v) is 10.8. The van der Waals surface area contributed by atoms with Crippen molar-refractivity contribution < 1.29 is 8.83 Å². The number of rotatable bonds is 7. The monoisotopic (exact) mass is 879 g/mol. The fourth-order valence-electron chi connectivity index (χ4n) is 10.8. The van der Waals surface area contributed by atoms with Gasteiger partial charge < -0.3 is 13.7 Å². The first-order valence-electron chi connectivity index (χ1n) is 23.6. The standard InChI is InChI=1S/C66H41NO2/c1-4-16-51-44(13-1)35-40-57(60-24-12-23-59-56-20-8-10-26-63(56)69-66(59)60)64(51)46-33-38-49(39-34-46)67(61-41-47-14-2-3-15-50(47)53-17-5-6-18-54(53)61)48-36-31-43(32-37-48)42-27-29-45(30-28-42)52-21-11-22-58-55-19-7-9-25-62(55)68-65(52)58/h1-41H. The van der Waals surface area contributed by atoms with Crippen LogP contribution < -0.4 is 4.90 Å². The highest BCUT2D eigenvalue weighted by atomic mass is 16.3. The van der Waals surface area contributed by atoms with Crippen molar-refractivity contribution in [1.29, 1.82) is 0 Å². The van der Waals surface area contributed by atoms with E-state index in [1.165, 1.54) is 37.9 Å². The lowest BCUT2D eigenvalue weighted by molar-refractivity contribution is 0.669. The summed E-state index contributed by atoms with van der Waals surface area (Å²) in [5.74, 6) is 0. The Bertz CT molecular complexity index is 4290. The van der Waals surface area contributed by atoms with Crippen LogP contribution in [0, 0.1) is 0 Å². The van der Waals surface area contributed by atoms with Crippen molar-refractivity contribution in [1.82, 2.24) is 0 Å². The third kappa shape index (κ3) is 6.36. The molecule has 14 aromatic rings. The normalized spacial score (nSPS) is 11.8. The summed E-state index contributed by atoms with van der Waals surface area (Å²) in [6.07, 6.45) is 0. The number of hydrogen-bond donors (Lipinski definition) is 0. The Kier molecular flexibility index (Phi) is 8.90. The molecule has 0 spiro atoms. The maximum atomic E-state index is 6.63. The average Bonchev–Trinajstić information content (AvgIpc) is 4.00. The molecule has 2 heterocycles. The molecule has 0 unspecified atom stereocenters. The molecule has 0 fully saturated rings. The summed E-state index contributed by atoms with van der Waals surface area (Å²) in [6, 6.07) is 89.5. The summed E-state index contributed by atoms with van der Waals surface area (Å²) in [5.41, 5.74) is 15.9. The van der Waals surface area contributed by atoms with Crippen molar-refractivity contribution in [2.45, 2.75) is 0 Å². The first-order valence-corrected chi connectivity index (χ1v) is 23.6. The molecular formula is C66H41NO2. The van der Waals surface area contributed by atoms with E-state index in [-0.39, 0.29) is 0 Å². The van der Waals surface area contributed by atoms with E-state index in [4.69, 9.17) is 8.83 Å². The Morgan fingerprint density at radius 1 is 0.261 bits per heavy atom. The van der Waals surface area contributed by atoms with E-state index < -0.39 is 0 Å². The smallest absolute Gasteiger partial charge is 0.143 e. The Morgan fingerprint density at radius 2 is 0.725 bits per heavy atom. The van der Waals surface area contributed by atoms with Crippen LogP contribution in [-0.4, -0.2) is 0 Å². The van der Waals surface area contributed by atoms with Gasteiger partial charge in [0.1, 0.15) is 22.3 Å². The molecule has 0 saturated heterocycles. The molecular weight excluding hydrogens is 839 g/mol. The summed E-state index contributed by atoms with van der Waals surface area (Å²) in [7, 11) is 0. The lowest BCUT2D eigenvalue weighted by Crippen LogP contribution is -2.10.